The number of aryl methyl sites for hydroxylation is 1. The summed E-state index contributed by atoms with van der Waals surface area (Å²) in [7, 11) is 0. The highest BCUT2D eigenvalue weighted by molar-refractivity contribution is 5.94. The van der Waals surface area contributed by atoms with Crippen LogP contribution >= 0.6 is 0 Å². The Morgan fingerprint density at radius 1 is 0.545 bits per heavy atom. The fourth-order valence-corrected chi connectivity index (χ4v) is 3.67. The molecule has 0 saturated carbocycles. The third-order valence-electron chi connectivity index (χ3n) is 6.03. The number of benzene rings is 3. The van der Waals surface area contributed by atoms with E-state index >= 15 is 4.39 Å². The van der Waals surface area contributed by atoms with Crippen molar-refractivity contribution < 1.29 is 42.5 Å². The molecule has 0 bridgehead atoms. The van der Waals surface area contributed by atoms with Gasteiger partial charge in [-0.05, 0) is 87.7 Å². The van der Waals surface area contributed by atoms with E-state index in [4.69, 9.17) is 18.9 Å². The van der Waals surface area contributed by atoms with E-state index in [1.165, 1.54) is 52.0 Å². The first-order valence-corrected chi connectivity index (χ1v) is 13.2. The summed E-state index contributed by atoms with van der Waals surface area (Å²) in [4.78, 5) is 49.3. The molecule has 3 aromatic carbocycles. The first-order chi connectivity index (χ1) is 20.6. The average molecular weight is 599 g/mol. The molecule has 8 nitrogen and oxygen atoms in total. The van der Waals surface area contributed by atoms with Crippen LogP contribution in [0, 0.1) is 12.7 Å². The molecule has 0 aromatic heterocycles. The molecule has 0 amide bonds. The third kappa shape index (κ3) is 7.83. The molecule has 3 aromatic rings. The van der Waals surface area contributed by atoms with E-state index < -0.39 is 29.7 Å². The minimum Gasteiger partial charge on any atom is -0.423 e. The molecule has 226 valence electrons. The lowest BCUT2D eigenvalue weighted by Crippen LogP contribution is -2.12. The molecule has 0 radical (unpaired) electrons. The summed E-state index contributed by atoms with van der Waals surface area (Å²) in [5.74, 6) is -3.82. The number of rotatable bonds is 10. The summed E-state index contributed by atoms with van der Waals surface area (Å²) in [5.41, 5.74) is 2.39. The molecule has 0 aliphatic heterocycles. The molecule has 0 spiro atoms. The Hall–Kier alpha value is -5.57. The van der Waals surface area contributed by atoms with Crippen LogP contribution in [0.25, 0.3) is 22.3 Å². The zero-order valence-electron chi connectivity index (χ0n) is 25.1. The molecule has 0 saturated heterocycles. The number of hydrogen-bond acceptors (Lipinski definition) is 8. The number of carbonyl (C=O) groups excluding carboxylic acids is 4. The number of hydrogen-bond donors (Lipinski definition) is 0. The van der Waals surface area contributed by atoms with Gasteiger partial charge < -0.3 is 18.9 Å². The van der Waals surface area contributed by atoms with Crippen molar-refractivity contribution in [3.8, 4) is 45.3 Å². The largest absolute Gasteiger partial charge is 0.423 e. The minimum absolute atomic E-state index is 0.00797. The maximum Gasteiger partial charge on any atom is 0.338 e. The van der Waals surface area contributed by atoms with Gasteiger partial charge in [-0.2, -0.15) is 0 Å². The summed E-state index contributed by atoms with van der Waals surface area (Å²) >= 11 is 0. The normalized spacial score (nSPS) is 10.3. The lowest BCUT2D eigenvalue weighted by molar-refractivity contribution is -0.131. The number of carbonyl (C=O) groups is 4. The van der Waals surface area contributed by atoms with Crippen molar-refractivity contribution in [2.24, 2.45) is 0 Å². The Balaban J connectivity index is 2.26. The standard InChI is InChI=1S/C35H31FO8/c1-18(2)32(37)41-24-11-12-25(22(9)14-24)27-17-30(43-34(39)20(5)6)26(16-31(27)44-35(40)21(7)8)23-10-13-29(28(36)15-23)42-33(38)19(3)4/h10-17H,1,3,5,7H2,2,4,6,8-9H3. The first kappa shape index (κ1) is 32.9. The maximum absolute atomic E-state index is 15.1. The smallest absolute Gasteiger partial charge is 0.338 e. The van der Waals surface area contributed by atoms with Gasteiger partial charge in [0, 0.05) is 33.4 Å². The van der Waals surface area contributed by atoms with Crippen LogP contribution in [0.15, 0.2) is 97.1 Å². The molecule has 0 atom stereocenters. The van der Waals surface area contributed by atoms with Gasteiger partial charge in [0.2, 0.25) is 0 Å². The molecule has 44 heavy (non-hydrogen) atoms. The average Bonchev–Trinajstić information content (AvgIpc) is 2.94. The molecule has 0 unspecified atom stereocenters. The minimum atomic E-state index is -0.880. The van der Waals surface area contributed by atoms with Crippen molar-refractivity contribution in [3.63, 3.8) is 0 Å². The van der Waals surface area contributed by atoms with E-state index in [1.54, 1.807) is 25.1 Å². The quantitative estimate of drug-likeness (QED) is 0.135. The van der Waals surface area contributed by atoms with Gasteiger partial charge in [-0.1, -0.05) is 38.4 Å². The van der Waals surface area contributed by atoms with Gasteiger partial charge in [0.05, 0.1) is 0 Å². The zero-order valence-corrected chi connectivity index (χ0v) is 25.1. The Bertz CT molecular complexity index is 1760. The first-order valence-electron chi connectivity index (χ1n) is 13.2. The predicted molar refractivity (Wildman–Crippen MR) is 164 cm³/mol. The zero-order chi connectivity index (χ0) is 32.9. The summed E-state index contributed by atoms with van der Waals surface area (Å²) in [6, 6.07) is 11.4. The number of ether oxygens (including phenoxy) is 4. The van der Waals surface area contributed by atoms with Gasteiger partial charge >= 0.3 is 23.9 Å². The highest BCUT2D eigenvalue weighted by Crippen LogP contribution is 2.43. The fourth-order valence-electron chi connectivity index (χ4n) is 3.67. The van der Waals surface area contributed by atoms with Crippen molar-refractivity contribution in [3.05, 3.63) is 109 Å². The van der Waals surface area contributed by atoms with Gasteiger partial charge in [0.15, 0.2) is 11.6 Å². The number of esters is 4. The Morgan fingerprint density at radius 2 is 1.00 bits per heavy atom. The highest BCUT2D eigenvalue weighted by Gasteiger charge is 2.22. The molecular formula is C35H31FO8. The van der Waals surface area contributed by atoms with E-state index in [0.717, 1.165) is 6.07 Å². The molecule has 0 aliphatic carbocycles. The summed E-state index contributed by atoms with van der Waals surface area (Å²) in [6.45, 7) is 21.9. The highest BCUT2D eigenvalue weighted by atomic mass is 19.1. The Morgan fingerprint density at radius 3 is 1.48 bits per heavy atom. The van der Waals surface area contributed by atoms with Crippen LogP contribution in [-0.4, -0.2) is 23.9 Å². The van der Waals surface area contributed by atoms with Gasteiger partial charge in [-0.3, -0.25) is 0 Å². The fraction of sp³-hybridized carbons (Fsp3) is 0.143. The van der Waals surface area contributed by atoms with E-state index in [2.05, 4.69) is 26.3 Å². The van der Waals surface area contributed by atoms with Gasteiger partial charge in [-0.15, -0.1) is 0 Å². The summed E-state index contributed by atoms with van der Waals surface area (Å²) in [6.07, 6.45) is 0. The molecule has 0 fully saturated rings. The van der Waals surface area contributed by atoms with Crippen molar-refractivity contribution in [1.29, 1.82) is 0 Å². The second-order valence-electron chi connectivity index (χ2n) is 10.1. The van der Waals surface area contributed by atoms with Crippen molar-refractivity contribution in [1.82, 2.24) is 0 Å². The monoisotopic (exact) mass is 598 g/mol. The molecular weight excluding hydrogens is 567 g/mol. The van der Waals surface area contributed by atoms with E-state index in [-0.39, 0.29) is 56.4 Å². The van der Waals surface area contributed by atoms with Crippen LogP contribution in [0.4, 0.5) is 4.39 Å². The lowest BCUT2D eigenvalue weighted by Gasteiger charge is -2.18. The van der Waals surface area contributed by atoms with Gasteiger partial charge in [-0.25, -0.2) is 23.6 Å². The predicted octanol–water partition coefficient (Wildman–Crippen LogP) is 7.39. The van der Waals surface area contributed by atoms with Crippen molar-refractivity contribution in [2.45, 2.75) is 34.6 Å². The topological polar surface area (TPSA) is 105 Å². The van der Waals surface area contributed by atoms with Crippen LogP contribution < -0.4 is 18.9 Å². The molecule has 3 rings (SSSR count). The van der Waals surface area contributed by atoms with E-state index in [0.29, 0.717) is 16.7 Å². The lowest BCUT2D eigenvalue weighted by atomic mass is 9.95. The van der Waals surface area contributed by atoms with Gasteiger partial charge in [0.1, 0.15) is 17.2 Å². The maximum atomic E-state index is 15.1. The third-order valence-corrected chi connectivity index (χ3v) is 6.03. The molecule has 0 aliphatic rings. The second-order valence-corrected chi connectivity index (χ2v) is 10.1. The summed E-state index contributed by atoms with van der Waals surface area (Å²) < 4.78 is 36.8. The molecule has 0 N–H and O–H groups in total. The molecule has 0 heterocycles. The second kappa shape index (κ2) is 13.6. The van der Waals surface area contributed by atoms with Crippen LogP contribution in [0.2, 0.25) is 0 Å². The Labute approximate surface area is 254 Å². The van der Waals surface area contributed by atoms with Crippen molar-refractivity contribution in [2.75, 3.05) is 0 Å². The number of halogens is 1. The van der Waals surface area contributed by atoms with Crippen LogP contribution in [0.5, 0.6) is 23.0 Å². The van der Waals surface area contributed by atoms with Crippen molar-refractivity contribution >= 4 is 23.9 Å². The van der Waals surface area contributed by atoms with Gasteiger partial charge in [0.25, 0.3) is 0 Å². The van der Waals surface area contributed by atoms with E-state index in [1.807, 2.05) is 0 Å². The van der Waals surface area contributed by atoms with Crippen LogP contribution in [-0.2, 0) is 19.2 Å². The SMILES string of the molecule is C=C(C)C(=O)Oc1ccc(-c2cc(OC(=O)C(=C)C)c(-c3ccc(OC(=O)C(=C)C)c(F)c3)cc2OC(=O)C(=C)C)c(C)c1. The van der Waals surface area contributed by atoms with Crippen LogP contribution in [0.3, 0.4) is 0 Å². The van der Waals surface area contributed by atoms with E-state index in [9.17, 15) is 19.2 Å². The molecule has 9 heteroatoms. The Kier molecular flexibility index (Phi) is 10.2. The van der Waals surface area contributed by atoms with Crippen LogP contribution in [0.1, 0.15) is 33.3 Å². The summed E-state index contributed by atoms with van der Waals surface area (Å²) in [5, 5.41) is 0.